The Morgan fingerprint density at radius 2 is 1.90 bits per heavy atom. The van der Waals surface area contributed by atoms with Gasteiger partial charge in [-0.1, -0.05) is 13.3 Å². The molecule has 0 spiro atoms. The highest BCUT2D eigenvalue weighted by molar-refractivity contribution is 4.62. The van der Waals surface area contributed by atoms with Gasteiger partial charge in [0.2, 0.25) is 0 Å². The van der Waals surface area contributed by atoms with Crippen LogP contribution in [0.3, 0.4) is 0 Å². The summed E-state index contributed by atoms with van der Waals surface area (Å²) in [6.45, 7) is 6.56. The molecule has 0 aromatic rings. The first-order chi connectivity index (χ1) is 4.70. The zero-order chi connectivity index (χ0) is 7.98. The van der Waals surface area contributed by atoms with Crippen molar-refractivity contribution in [1.82, 2.24) is 10.6 Å². The van der Waals surface area contributed by atoms with Gasteiger partial charge in [-0.05, 0) is 27.3 Å². The quantitative estimate of drug-likeness (QED) is 0.569. The van der Waals surface area contributed by atoms with Crippen molar-refractivity contribution in [2.75, 3.05) is 7.05 Å². The summed E-state index contributed by atoms with van der Waals surface area (Å²) in [5.41, 5.74) is 0. The van der Waals surface area contributed by atoms with Crippen molar-refractivity contribution >= 4 is 0 Å². The van der Waals surface area contributed by atoms with Crippen LogP contribution in [0.5, 0.6) is 0 Å². The fraction of sp³-hybridized carbons (Fsp3) is 1.00. The lowest BCUT2D eigenvalue weighted by molar-refractivity contribution is 0.409. The van der Waals surface area contributed by atoms with Gasteiger partial charge in [0, 0.05) is 6.04 Å². The number of hydrogen-bond donors (Lipinski definition) is 2. The molecule has 0 saturated heterocycles. The van der Waals surface area contributed by atoms with Crippen molar-refractivity contribution in [3.05, 3.63) is 0 Å². The molecule has 62 valence electrons. The summed E-state index contributed by atoms with van der Waals surface area (Å²) >= 11 is 0. The highest BCUT2D eigenvalue weighted by Gasteiger charge is 2.02. The van der Waals surface area contributed by atoms with Gasteiger partial charge in [0.05, 0.1) is 6.17 Å². The van der Waals surface area contributed by atoms with E-state index in [1.54, 1.807) is 0 Å². The van der Waals surface area contributed by atoms with Gasteiger partial charge in [-0.3, -0.25) is 5.32 Å². The fourth-order valence-corrected chi connectivity index (χ4v) is 1.03. The Kier molecular flexibility index (Phi) is 5.64. The van der Waals surface area contributed by atoms with Crippen LogP contribution in [0.25, 0.3) is 0 Å². The van der Waals surface area contributed by atoms with Crippen molar-refractivity contribution in [3.8, 4) is 0 Å². The van der Waals surface area contributed by atoms with Crippen LogP contribution >= 0.6 is 0 Å². The minimum Gasteiger partial charge on any atom is -0.305 e. The molecule has 0 amide bonds. The fourth-order valence-electron chi connectivity index (χ4n) is 1.03. The van der Waals surface area contributed by atoms with Crippen molar-refractivity contribution in [2.45, 2.75) is 45.8 Å². The number of rotatable bonds is 5. The van der Waals surface area contributed by atoms with Gasteiger partial charge in [-0.2, -0.15) is 0 Å². The molecule has 0 aliphatic carbocycles. The SMILES string of the molecule is CCCC(C)NC(C)NC. The van der Waals surface area contributed by atoms with Gasteiger partial charge >= 0.3 is 0 Å². The molecule has 0 saturated carbocycles. The largest absolute Gasteiger partial charge is 0.305 e. The Morgan fingerprint density at radius 1 is 1.30 bits per heavy atom. The topological polar surface area (TPSA) is 24.1 Å². The minimum absolute atomic E-state index is 0.432. The molecule has 2 atom stereocenters. The smallest absolute Gasteiger partial charge is 0.0542 e. The first kappa shape index (κ1) is 9.92. The molecule has 0 fully saturated rings. The van der Waals surface area contributed by atoms with Crippen LogP contribution in [0.15, 0.2) is 0 Å². The molecule has 10 heavy (non-hydrogen) atoms. The van der Waals surface area contributed by atoms with Crippen LogP contribution in [0.2, 0.25) is 0 Å². The summed E-state index contributed by atoms with van der Waals surface area (Å²) in [5, 5.41) is 6.56. The molecule has 0 aromatic carbocycles. The molecule has 0 aliphatic rings. The normalized spacial score (nSPS) is 16.8. The van der Waals surface area contributed by atoms with Gasteiger partial charge in [0.1, 0.15) is 0 Å². The highest BCUT2D eigenvalue weighted by Crippen LogP contribution is 1.94. The number of nitrogens with one attached hydrogen (secondary N) is 2. The maximum absolute atomic E-state index is 3.42. The maximum atomic E-state index is 3.42. The van der Waals surface area contributed by atoms with E-state index in [-0.39, 0.29) is 0 Å². The summed E-state index contributed by atoms with van der Waals surface area (Å²) in [4.78, 5) is 0. The van der Waals surface area contributed by atoms with E-state index in [0.717, 1.165) is 0 Å². The average molecular weight is 144 g/mol. The highest BCUT2D eigenvalue weighted by atomic mass is 15.1. The minimum atomic E-state index is 0.432. The Bertz CT molecular complexity index is 73.7. The molecule has 2 unspecified atom stereocenters. The second-order valence-electron chi connectivity index (χ2n) is 2.87. The summed E-state index contributed by atoms with van der Waals surface area (Å²) < 4.78 is 0. The molecular formula is C8H20N2. The molecular weight excluding hydrogens is 124 g/mol. The Morgan fingerprint density at radius 3 is 2.30 bits per heavy atom. The monoisotopic (exact) mass is 144 g/mol. The lowest BCUT2D eigenvalue weighted by Gasteiger charge is -2.18. The molecule has 0 bridgehead atoms. The molecule has 2 N–H and O–H groups in total. The van der Waals surface area contributed by atoms with Crippen LogP contribution in [0.4, 0.5) is 0 Å². The zero-order valence-corrected chi connectivity index (χ0v) is 7.57. The molecule has 0 aliphatic heterocycles. The second-order valence-corrected chi connectivity index (χ2v) is 2.87. The van der Waals surface area contributed by atoms with Crippen LogP contribution in [0.1, 0.15) is 33.6 Å². The van der Waals surface area contributed by atoms with E-state index in [1.165, 1.54) is 12.8 Å². The first-order valence-electron chi connectivity index (χ1n) is 4.14. The summed E-state index contributed by atoms with van der Waals surface area (Å²) in [6.07, 6.45) is 2.94. The van der Waals surface area contributed by atoms with Crippen LogP contribution in [-0.4, -0.2) is 19.3 Å². The second kappa shape index (κ2) is 5.69. The molecule has 2 nitrogen and oxygen atoms in total. The maximum Gasteiger partial charge on any atom is 0.0542 e. The van der Waals surface area contributed by atoms with Gasteiger partial charge in [0.25, 0.3) is 0 Å². The molecule has 0 radical (unpaired) electrons. The molecule has 0 rings (SSSR count). The summed E-state index contributed by atoms with van der Waals surface area (Å²) in [6, 6.07) is 0.632. The van der Waals surface area contributed by atoms with E-state index in [2.05, 4.69) is 31.4 Å². The van der Waals surface area contributed by atoms with Crippen LogP contribution < -0.4 is 10.6 Å². The van der Waals surface area contributed by atoms with E-state index in [0.29, 0.717) is 12.2 Å². The standard InChI is InChI=1S/C8H20N2/c1-5-6-7(2)10-8(3)9-4/h7-10H,5-6H2,1-4H3. The van der Waals surface area contributed by atoms with Gasteiger partial charge in [-0.15, -0.1) is 0 Å². The zero-order valence-electron chi connectivity index (χ0n) is 7.57. The van der Waals surface area contributed by atoms with Crippen molar-refractivity contribution in [3.63, 3.8) is 0 Å². The lowest BCUT2D eigenvalue weighted by atomic mass is 10.2. The van der Waals surface area contributed by atoms with E-state index < -0.39 is 0 Å². The van der Waals surface area contributed by atoms with Gasteiger partial charge in [0.15, 0.2) is 0 Å². The third-order valence-corrected chi connectivity index (χ3v) is 1.69. The average Bonchev–Trinajstić information content (AvgIpc) is 1.88. The van der Waals surface area contributed by atoms with E-state index >= 15 is 0 Å². The Balaban J connectivity index is 3.27. The van der Waals surface area contributed by atoms with Gasteiger partial charge in [-0.25, -0.2) is 0 Å². The van der Waals surface area contributed by atoms with E-state index in [4.69, 9.17) is 0 Å². The third kappa shape index (κ3) is 4.77. The summed E-state index contributed by atoms with van der Waals surface area (Å²) in [7, 11) is 1.97. The van der Waals surface area contributed by atoms with Crippen molar-refractivity contribution in [2.24, 2.45) is 0 Å². The third-order valence-electron chi connectivity index (χ3n) is 1.69. The van der Waals surface area contributed by atoms with E-state index in [9.17, 15) is 0 Å². The first-order valence-corrected chi connectivity index (χ1v) is 4.14. The summed E-state index contributed by atoms with van der Waals surface area (Å²) in [5.74, 6) is 0. The van der Waals surface area contributed by atoms with E-state index in [1.807, 2.05) is 7.05 Å². The molecule has 2 heteroatoms. The van der Waals surface area contributed by atoms with Crippen molar-refractivity contribution < 1.29 is 0 Å². The molecule has 0 aromatic heterocycles. The Labute approximate surface area is 64.4 Å². The predicted molar refractivity (Wildman–Crippen MR) is 46.0 cm³/mol. The predicted octanol–water partition coefficient (Wildman–Crippen LogP) is 1.33. The van der Waals surface area contributed by atoms with Crippen molar-refractivity contribution in [1.29, 1.82) is 0 Å². The Hall–Kier alpha value is -0.0800. The van der Waals surface area contributed by atoms with Crippen LogP contribution in [0, 0.1) is 0 Å². The lowest BCUT2D eigenvalue weighted by Crippen LogP contribution is -2.42. The van der Waals surface area contributed by atoms with Crippen LogP contribution in [-0.2, 0) is 0 Å². The van der Waals surface area contributed by atoms with Gasteiger partial charge < -0.3 is 5.32 Å². The number of hydrogen-bond acceptors (Lipinski definition) is 2. The molecule has 0 heterocycles.